The lowest BCUT2D eigenvalue weighted by atomic mass is 10.0. The number of ketones is 1. The van der Waals surface area contributed by atoms with E-state index in [4.69, 9.17) is 10.5 Å². The molecule has 1 aromatic rings. The third kappa shape index (κ3) is 3.35. The lowest BCUT2D eigenvalue weighted by Gasteiger charge is -2.23. The summed E-state index contributed by atoms with van der Waals surface area (Å²) >= 11 is 0. The molecule has 0 heterocycles. The lowest BCUT2D eigenvalue weighted by molar-refractivity contribution is -0.129. The topological polar surface area (TPSA) is 52.3 Å². The summed E-state index contributed by atoms with van der Waals surface area (Å²) in [6.07, 6.45) is 0.817. The summed E-state index contributed by atoms with van der Waals surface area (Å²) < 4.78 is 5.66. The van der Waals surface area contributed by atoms with Crippen molar-refractivity contribution < 1.29 is 9.53 Å². The molecule has 16 heavy (non-hydrogen) atoms. The van der Waals surface area contributed by atoms with E-state index in [0.717, 1.165) is 12.0 Å². The van der Waals surface area contributed by atoms with Gasteiger partial charge in [-0.15, -0.1) is 0 Å². The van der Waals surface area contributed by atoms with Crippen LogP contribution in [-0.2, 0) is 11.2 Å². The molecule has 0 fully saturated rings. The van der Waals surface area contributed by atoms with Crippen LogP contribution in [0.15, 0.2) is 24.3 Å². The SMILES string of the molecule is CC(=O)C(C)(C)Oc1cccc(CCN)c1. The average Bonchev–Trinajstić information content (AvgIpc) is 2.17. The molecular weight excluding hydrogens is 202 g/mol. The molecule has 88 valence electrons. The molecule has 2 N–H and O–H groups in total. The molecule has 0 atom stereocenters. The molecule has 0 saturated heterocycles. The molecule has 0 amide bonds. The Kier molecular flexibility index (Phi) is 4.07. The van der Waals surface area contributed by atoms with Crippen molar-refractivity contribution >= 4 is 5.78 Å². The Balaban J connectivity index is 2.81. The van der Waals surface area contributed by atoms with Crippen LogP contribution in [-0.4, -0.2) is 17.9 Å². The van der Waals surface area contributed by atoms with Crippen LogP contribution in [0.4, 0.5) is 0 Å². The van der Waals surface area contributed by atoms with Crippen LogP contribution in [0.5, 0.6) is 5.75 Å². The van der Waals surface area contributed by atoms with Crippen molar-refractivity contribution in [1.29, 1.82) is 0 Å². The van der Waals surface area contributed by atoms with Gasteiger partial charge < -0.3 is 10.5 Å². The fourth-order valence-electron chi connectivity index (χ4n) is 1.30. The molecule has 0 radical (unpaired) electrons. The van der Waals surface area contributed by atoms with E-state index in [1.807, 2.05) is 24.3 Å². The molecule has 0 bridgehead atoms. The number of ether oxygens (including phenoxy) is 1. The maximum atomic E-state index is 11.3. The Labute approximate surface area is 96.6 Å². The first-order chi connectivity index (χ1) is 7.45. The van der Waals surface area contributed by atoms with Gasteiger partial charge in [0.15, 0.2) is 11.4 Å². The number of benzene rings is 1. The summed E-state index contributed by atoms with van der Waals surface area (Å²) in [5, 5.41) is 0. The number of rotatable bonds is 5. The third-order valence-electron chi connectivity index (χ3n) is 2.55. The predicted octanol–water partition coefficient (Wildman–Crippen LogP) is 1.93. The molecule has 3 nitrogen and oxygen atoms in total. The molecule has 0 aliphatic rings. The Morgan fingerprint density at radius 1 is 1.44 bits per heavy atom. The molecule has 0 saturated carbocycles. The fourth-order valence-corrected chi connectivity index (χ4v) is 1.30. The van der Waals surface area contributed by atoms with Gasteiger partial charge in [-0.25, -0.2) is 0 Å². The van der Waals surface area contributed by atoms with Crippen molar-refractivity contribution in [3.63, 3.8) is 0 Å². The molecule has 3 heteroatoms. The van der Waals surface area contributed by atoms with Crippen LogP contribution in [0, 0.1) is 0 Å². The Bertz CT molecular complexity index is 372. The second kappa shape index (κ2) is 5.12. The van der Waals surface area contributed by atoms with Gasteiger partial charge in [-0.1, -0.05) is 12.1 Å². The summed E-state index contributed by atoms with van der Waals surface area (Å²) in [6.45, 7) is 5.68. The first kappa shape index (κ1) is 12.7. The van der Waals surface area contributed by atoms with Crippen LogP contribution in [0.2, 0.25) is 0 Å². The van der Waals surface area contributed by atoms with Crippen LogP contribution in [0.1, 0.15) is 26.3 Å². The van der Waals surface area contributed by atoms with Crippen molar-refractivity contribution in [1.82, 2.24) is 0 Å². The minimum Gasteiger partial charge on any atom is -0.480 e. The predicted molar refractivity (Wildman–Crippen MR) is 64.6 cm³/mol. The molecule has 0 unspecified atom stereocenters. The van der Waals surface area contributed by atoms with Gasteiger partial charge in [0.25, 0.3) is 0 Å². The monoisotopic (exact) mass is 221 g/mol. The van der Waals surface area contributed by atoms with Gasteiger partial charge in [0.1, 0.15) is 5.75 Å². The Hall–Kier alpha value is -1.35. The van der Waals surface area contributed by atoms with Gasteiger partial charge in [0.2, 0.25) is 0 Å². The zero-order chi connectivity index (χ0) is 12.2. The maximum Gasteiger partial charge on any atom is 0.172 e. The van der Waals surface area contributed by atoms with Gasteiger partial charge in [0, 0.05) is 0 Å². The fraction of sp³-hybridized carbons (Fsp3) is 0.462. The van der Waals surface area contributed by atoms with Crippen molar-refractivity contribution in [3.8, 4) is 5.75 Å². The highest BCUT2D eigenvalue weighted by Gasteiger charge is 2.25. The normalized spacial score (nSPS) is 11.2. The minimum atomic E-state index is -0.776. The lowest BCUT2D eigenvalue weighted by Crippen LogP contribution is -2.36. The van der Waals surface area contributed by atoms with Crippen LogP contribution in [0.25, 0.3) is 0 Å². The Morgan fingerprint density at radius 3 is 2.69 bits per heavy atom. The molecule has 0 aliphatic heterocycles. The zero-order valence-electron chi connectivity index (χ0n) is 10.1. The van der Waals surface area contributed by atoms with E-state index in [-0.39, 0.29) is 5.78 Å². The summed E-state index contributed by atoms with van der Waals surface area (Å²) in [5.74, 6) is 0.725. The quantitative estimate of drug-likeness (QED) is 0.826. The first-order valence-corrected chi connectivity index (χ1v) is 5.45. The number of hydrogen-bond donors (Lipinski definition) is 1. The van der Waals surface area contributed by atoms with E-state index in [1.54, 1.807) is 13.8 Å². The van der Waals surface area contributed by atoms with Crippen molar-refractivity contribution in [3.05, 3.63) is 29.8 Å². The largest absolute Gasteiger partial charge is 0.480 e. The van der Waals surface area contributed by atoms with Gasteiger partial charge in [-0.2, -0.15) is 0 Å². The van der Waals surface area contributed by atoms with Gasteiger partial charge >= 0.3 is 0 Å². The second-order valence-corrected chi connectivity index (χ2v) is 4.35. The van der Waals surface area contributed by atoms with E-state index < -0.39 is 5.60 Å². The minimum absolute atomic E-state index is 0.0109. The van der Waals surface area contributed by atoms with Crippen LogP contribution in [0.3, 0.4) is 0 Å². The molecular formula is C13H19NO2. The molecule has 0 aliphatic carbocycles. The number of carbonyl (C=O) groups is 1. The number of carbonyl (C=O) groups excluding carboxylic acids is 1. The number of Topliss-reactive ketones (excluding diaryl/α,β-unsaturated/α-hetero) is 1. The van der Waals surface area contributed by atoms with Crippen LogP contribution >= 0.6 is 0 Å². The van der Waals surface area contributed by atoms with Gasteiger partial charge in [-0.05, 0) is 51.4 Å². The van der Waals surface area contributed by atoms with Crippen molar-refractivity contribution in [2.75, 3.05) is 6.54 Å². The van der Waals surface area contributed by atoms with Gasteiger partial charge in [0.05, 0.1) is 0 Å². The molecule has 1 rings (SSSR count). The van der Waals surface area contributed by atoms with E-state index in [9.17, 15) is 4.79 Å². The van der Waals surface area contributed by atoms with Gasteiger partial charge in [-0.3, -0.25) is 4.79 Å². The molecule has 0 spiro atoms. The standard InChI is InChI=1S/C13H19NO2/c1-10(15)13(2,3)16-12-6-4-5-11(9-12)7-8-14/h4-6,9H,7-8,14H2,1-3H3. The first-order valence-electron chi connectivity index (χ1n) is 5.45. The maximum absolute atomic E-state index is 11.3. The highest BCUT2D eigenvalue weighted by molar-refractivity contribution is 5.84. The summed E-state index contributed by atoms with van der Waals surface area (Å²) in [5.41, 5.74) is 5.84. The van der Waals surface area contributed by atoms with E-state index in [0.29, 0.717) is 12.3 Å². The van der Waals surface area contributed by atoms with E-state index in [1.165, 1.54) is 6.92 Å². The summed E-state index contributed by atoms with van der Waals surface area (Å²) in [7, 11) is 0. The zero-order valence-corrected chi connectivity index (χ0v) is 10.1. The smallest absolute Gasteiger partial charge is 0.172 e. The summed E-state index contributed by atoms with van der Waals surface area (Å²) in [6, 6.07) is 7.69. The van der Waals surface area contributed by atoms with Crippen molar-refractivity contribution in [2.24, 2.45) is 5.73 Å². The highest BCUT2D eigenvalue weighted by atomic mass is 16.5. The molecule has 1 aromatic carbocycles. The van der Waals surface area contributed by atoms with Crippen LogP contribution < -0.4 is 10.5 Å². The average molecular weight is 221 g/mol. The van der Waals surface area contributed by atoms with E-state index >= 15 is 0 Å². The highest BCUT2D eigenvalue weighted by Crippen LogP contribution is 2.20. The summed E-state index contributed by atoms with van der Waals surface area (Å²) in [4.78, 5) is 11.3. The van der Waals surface area contributed by atoms with E-state index in [2.05, 4.69) is 0 Å². The number of hydrogen-bond acceptors (Lipinski definition) is 3. The second-order valence-electron chi connectivity index (χ2n) is 4.35. The Morgan fingerprint density at radius 2 is 2.12 bits per heavy atom. The third-order valence-corrected chi connectivity index (χ3v) is 2.55. The molecule has 0 aromatic heterocycles. The number of nitrogens with two attached hydrogens (primary N) is 1. The van der Waals surface area contributed by atoms with Crippen molar-refractivity contribution in [2.45, 2.75) is 32.8 Å².